The van der Waals surface area contributed by atoms with Gasteiger partial charge in [-0.05, 0) is 84.7 Å². The molecule has 0 unspecified atom stereocenters. The van der Waals surface area contributed by atoms with E-state index < -0.39 is 0 Å². The lowest BCUT2D eigenvalue weighted by molar-refractivity contribution is -0.139. The Morgan fingerprint density at radius 3 is 2.54 bits per heavy atom. The number of rotatable bonds is 4. The van der Waals surface area contributed by atoms with Crippen LogP contribution in [-0.4, -0.2) is 12.1 Å². The third kappa shape index (κ3) is 2.66. The van der Waals surface area contributed by atoms with Crippen LogP contribution in [-0.2, 0) is 9.59 Å². The summed E-state index contributed by atoms with van der Waals surface area (Å²) in [6.07, 6.45) is 13.1. The van der Waals surface area contributed by atoms with Crippen molar-refractivity contribution < 1.29 is 9.59 Å². The Morgan fingerprint density at radius 1 is 1.11 bits per heavy atom. The number of hydrogen-bond acceptors (Lipinski definition) is 2. The molecule has 2 nitrogen and oxygen atoms in total. The van der Waals surface area contributed by atoms with Gasteiger partial charge in [-0.1, -0.05) is 46.3 Å². The van der Waals surface area contributed by atoms with Crippen molar-refractivity contribution in [1.29, 1.82) is 0 Å². The fourth-order valence-corrected chi connectivity index (χ4v) is 7.92. The Kier molecular flexibility index (Phi) is 4.79. The SMILES string of the molecule is C[C@H](CCC=O)[C@H]1CC=C2C3=C(CC[C@@]21C)[C@@]1(C)CCC(=O)C(C)(C)[C@@H]1CC3. The molecule has 5 atom stereocenters. The summed E-state index contributed by atoms with van der Waals surface area (Å²) >= 11 is 0. The minimum absolute atomic E-state index is 0.178. The summed E-state index contributed by atoms with van der Waals surface area (Å²) in [4.78, 5) is 23.5. The van der Waals surface area contributed by atoms with E-state index in [1.165, 1.54) is 19.3 Å². The first kappa shape index (κ1) is 20.1. The van der Waals surface area contributed by atoms with Crippen LogP contribution in [0.5, 0.6) is 0 Å². The Bertz CT molecular complexity index is 754. The van der Waals surface area contributed by atoms with E-state index in [1.807, 2.05) is 0 Å². The van der Waals surface area contributed by atoms with E-state index in [0.29, 0.717) is 30.0 Å². The number of carbonyl (C=O) groups excluding carboxylic acids is 2. The molecular weight excluding hydrogens is 344 g/mol. The zero-order valence-corrected chi connectivity index (χ0v) is 18.6. The highest BCUT2D eigenvalue weighted by molar-refractivity contribution is 5.86. The van der Waals surface area contributed by atoms with E-state index in [1.54, 1.807) is 16.7 Å². The third-order valence-corrected chi connectivity index (χ3v) is 9.62. The van der Waals surface area contributed by atoms with Crippen LogP contribution in [0.15, 0.2) is 22.8 Å². The minimum atomic E-state index is -0.178. The van der Waals surface area contributed by atoms with Crippen molar-refractivity contribution >= 4 is 12.1 Å². The highest BCUT2D eigenvalue weighted by Gasteiger charge is 2.57. The van der Waals surface area contributed by atoms with Gasteiger partial charge in [0.2, 0.25) is 0 Å². The molecule has 0 radical (unpaired) electrons. The van der Waals surface area contributed by atoms with Crippen molar-refractivity contribution in [2.75, 3.05) is 0 Å². The first-order valence-corrected chi connectivity index (χ1v) is 11.6. The van der Waals surface area contributed by atoms with Gasteiger partial charge >= 0.3 is 0 Å². The Labute approximate surface area is 171 Å². The van der Waals surface area contributed by atoms with Crippen LogP contribution in [0.25, 0.3) is 0 Å². The van der Waals surface area contributed by atoms with Gasteiger partial charge in [0.15, 0.2) is 0 Å². The maximum Gasteiger partial charge on any atom is 0.138 e. The molecule has 154 valence electrons. The van der Waals surface area contributed by atoms with E-state index in [2.05, 4.69) is 40.7 Å². The normalized spacial score (nSPS) is 40.3. The predicted octanol–water partition coefficient (Wildman–Crippen LogP) is 6.45. The van der Waals surface area contributed by atoms with Crippen LogP contribution in [0.3, 0.4) is 0 Å². The van der Waals surface area contributed by atoms with Crippen molar-refractivity contribution in [2.45, 2.75) is 92.4 Å². The molecule has 0 aliphatic heterocycles. The van der Waals surface area contributed by atoms with Crippen molar-refractivity contribution in [3.05, 3.63) is 22.8 Å². The van der Waals surface area contributed by atoms with Gasteiger partial charge in [-0.2, -0.15) is 0 Å². The van der Waals surface area contributed by atoms with Gasteiger partial charge in [0.1, 0.15) is 12.1 Å². The number of Topliss-reactive ketones (excluding diaryl/α,β-unsaturated/α-hetero) is 1. The number of aldehydes is 1. The maximum absolute atomic E-state index is 12.7. The summed E-state index contributed by atoms with van der Waals surface area (Å²) < 4.78 is 0. The van der Waals surface area contributed by atoms with Crippen LogP contribution < -0.4 is 0 Å². The highest BCUT2D eigenvalue weighted by atomic mass is 16.1. The summed E-state index contributed by atoms with van der Waals surface area (Å²) in [5.41, 5.74) is 5.32. The third-order valence-electron chi connectivity index (χ3n) is 9.62. The molecule has 0 N–H and O–H groups in total. The summed E-state index contributed by atoms with van der Waals surface area (Å²) in [5, 5.41) is 0. The molecule has 0 spiro atoms. The molecule has 0 aromatic heterocycles. The molecule has 1 fully saturated rings. The lowest BCUT2D eigenvalue weighted by atomic mass is 9.46. The largest absolute Gasteiger partial charge is 0.303 e. The number of allylic oxidation sites excluding steroid dienone is 4. The standard InChI is InChI=1S/C26H38O2/c1-17(7-6-16-27)19-9-10-20-18-8-11-22-24(2,3)23(28)13-15-26(22,5)21(18)12-14-25(19,20)4/h10,16-17,19,22H,6-9,11-15H2,1-5H3/t17-,19-,22+,25-,26-/m1/s1. The fraction of sp³-hybridized carbons (Fsp3) is 0.769. The first-order chi connectivity index (χ1) is 13.2. The van der Waals surface area contributed by atoms with E-state index in [4.69, 9.17) is 0 Å². The Morgan fingerprint density at radius 2 is 1.82 bits per heavy atom. The maximum atomic E-state index is 12.7. The fourth-order valence-electron chi connectivity index (χ4n) is 7.92. The van der Waals surface area contributed by atoms with E-state index in [0.717, 1.165) is 38.4 Å². The van der Waals surface area contributed by atoms with Crippen LogP contribution in [0, 0.1) is 34.0 Å². The smallest absolute Gasteiger partial charge is 0.138 e. The highest BCUT2D eigenvalue weighted by Crippen LogP contribution is 2.66. The zero-order chi connectivity index (χ0) is 20.3. The molecule has 0 aromatic rings. The monoisotopic (exact) mass is 382 g/mol. The van der Waals surface area contributed by atoms with E-state index in [-0.39, 0.29) is 16.2 Å². The lowest BCUT2D eigenvalue weighted by Crippen LogP contribution is -2.51. The van der Waals surface area contributed by atoms with Gasteiger partial charge in [-0.25, -0.2) is 0 Å². The van der Waals surface area contributed by atoms with Crippen LogP contribution in [0.1, 0.15) is 92.4 Å². The van der Waals surface area contributed by atoms with Gasteiger partial charge in [-0.3, -0.25) is 4.79 Å². The van der Waals surface area contributed by atoms with Crippen molar-refractivity contribution in [3.8, 4) is 0 Å². The van der Waals surface area contributed by atoms with Gasteiger partial charge in [0, 0.05) is 18.3 Å². The average molecular weight is 383 g/mol. The minimum Gasteiger partial charge on any atom is -0.303 e. The molecule has 0 bridgehead atoms. The number of hydrogen-bond donors (Lipinski definition) is 0. The van der Waals surface area contributed by atoms with Crippen LogP contribution >= 0.6 is 0 Å². The van der Waals surface area contributed by atoms with Crippen molar-refractivity contribution in [2.24, 2.45) is 34.0 Å². The average Bonchev–Trinajstić information content (AvgIpc) is 3.00. The number of ketones is 1. The van der Waals surface area contributed by atoms with Crippen molar-refractivity contribution in [1.82, 2.24) is 0 Å². The molecule has 1 saturated carbocycles. The molecule has 0 saturated heterocycles. The Balaban J connectivity index is 1.68. The molecule has 4 aliphatic rings. The second kappa shape index (κ2) is 6.67. The van der Waals surface area contributed by atoms with Gasteiger partial charge in [-0.15, -0.1) is 0 Å². The molecule has 4 rings (SSSR count). The predicted molar refractivity (Wildman–Crippen MR) is 114 cm³/mol. The van der Waals surface area contributed by atoms with Crippen molar-refractivity contribution in [3.63, 3.8) is 0 Å². The van der Waals surface area contributed by atoms with E-state index >= 15 is 0 Å². The van der Waals surface area contributed by atoms with E-state index in [9.17, 15) is 9.59 Å². The van der Waals surface area contributed by atoms with Gasteiger partial charge in [0.05, 0.1) is 0 Å². The number of carbonyl (C=O) groups is 2. The zero-order valence-electron chi connectivity index (χ0n) is 18.6. The van der Waals surface area contributed by atoms with Crippen LogP contribution in [0.4, 0.5) is 0 Å². The summed E-state index contributed by atoms with van der Waals surface area (Å²) in [6.45, 7) is 11.7. The second-order valence-electron chi connectivity index (χ2n) is 11.2. The first-order valence-electron chi connectivity index (χ1n) is 11.6. The molecule has 0 aromatic carbocycles. The molecule has 0 amide bonds. The molecule has 0 heterocycles. The summed E-state index contributed by atoms with van der Waals surface area (Å²) in [6, 6.07) is 0. The summed E-state index contributed by atoms with van der Waals surface area (Å²) in [5.74, 6) is 2.24. The Hall–Kier alpha value is -1.18. The molecule has 4 aliphatic carbocycles. The molecule has 28 heavy (non-hydrogen) atoms. The van der Waals surface area contributed by atoms with Gasteiger partial charge in [0.25, 0.3) is 0 Å². The quantitative estimate of drug-likeness (QED) is 0.524. The van der Waals surface area contributed by atoms with Crippen LogP contribution in [0.2, 0.25) is 0 Å². The molecular formula is C26H38O2. The molecule has 2 heteroatoms. The topological polar surface area (TPSA) is 34.1 Å². The number of fused-ring (bicyclic) bond motifs is 4. The summed E-state index contributed by atoms with van der Waals surface area (Å²) in [7, 11) is 0. The lowest BCUT2D eigenvalue weighted by Gasteiger charge is -2.57. The van der Waals surface area contributed by atoms with Gasteiger partial charge < -0.3 is 4.79 Å². The second-order valence-corrected chi connectivity index (χ2v) is 11.2.